The van der Waals surface area contributed by atoms with Crippen LogP contribution in [-0.4, -0.2) is 18.7 Å². The van der Waals surface area contributed by atoms with Gasteiger partial charge >= 0.3 is 0 Å². The number of fused-ring (bicyclic) bond motifs is 1. The number of carbonyl (C=O) groups excluding carboxylic acids is 1. The van der Waals surface area contributed by atoms with Gasteiger partial charge in [-0.1, -0.05) is 54.1 Å². The quantitative estimate of drug-likeness (QED) is 0.479. The van der Waals surface area contributed by atoms with Crippen LogP contribution in [0, 0.1) is 0 Å². The zero-order valence-corrected chi connectivity index (χ0v) is 15.4. The Morgan fingerprint density at radius 1 is 1.12 bits per heavy atom. The van der Waals surface area contributed by atoms with E-state index in [1.807, 2.05) is 36.4 Å². The molecule has 126 valence electrons. The molecule has 25 heavy (non-hydrogen) atoms. The molecule has 0 heterocycles. The maximum atomic E-state index is 11.8. The van der Waals surface area contributed by atoms with Crippen LogP contribution in [-0.2, 0) is 4.79 Å². The van der Waals surface area contributed by atoms with Crippen molar-refractivity contribution in [1.82, 2.24) is 5.43 Å². The van der Waals surface area contributed by atoms with Gasteiger partial charge in [0.25, 0.3) is 5.91 Å². The Bertz CT molecular complexity index is 926. The summed E-state index contributed by atoms with van der Waals surface area (Å²) in [4.78, 5) is 11.8. The zero-order chi connectivity index (χ0) is 17.6. The average molecular weight is 418 g/mol. The largest absolute Gasteiger partial charge is 0.483 e. The molecule has 3 aromatic carbocycles. The fourth-order valence-corrected chi connectivity index (χ4v) is 2.96. The molecule has 0 fully saturated rings. The molecule has 0 aliphatic heterocycles. The molecule has 4 nitrogen and oxygen atoms in total. The van der Waals surface area contributed by atoms with Crippen molar-refractivity contribution < 1.29 is 9.53 Å². The average Bonchev–Trinajstić information content (AvgIpc) is 2.63. The summed E-state index contributed by atoms with van der Waals surface area (Å²) in [5.74, 6) is 0.265. The van der Waals surface area contributed by atoms with Gasteiger partial charge in [-0.15, -0.1) is 0 Å². The molecule has 0 spiro atoms. The molecule has 1 amide bonds. The van der Waals surface area contributed by atoms with Crippen LogP contribution >= 0.6 is 27.5 Å². The highest BCUT2D eigenvalue weighted by Crippen LogP contribution is 2.32. The van der Waals surface area contributed by atoms with E-state index in [0.29, 0.717) is 10.8 Å². The third kappa shape index (κ3) is 4.59. The van der Waals surface area contributed by atoms with E-state index in [1.54, 1.807) is 30.5 Å². The number of ether oxygens (including phenoxy) is 1. The Labute approximate surface area is 158 Å². The number of hydrogen-bond donors (Lipinski definition) is 1. The van der Waals surface area contributed by atoms with E-state index in [9.17, 15) is 4.79 Å². The van der Waals surface area contributed by atoms with Crippen LogP contribution in [0.2, 0.25) is 5.02 Å². The lowest BCUT2D eigenvalue weighted by Crippen LogP contribution is -2.24. The van der Waals surface area contributed by atoms with E-state index in [4.69, 9.17) is 16.3 Å². The second-order valence-electron chi connectivity index (χ2n) is 5.23. The van der Waals surface area contributed by atoms with Crippen LogP contribution in [0.4, 0.5) is 0 Å². The van der Waals surface area contributed by atoms with E-state index in [0.717, 1.165) is 20.8 Å². The Kier molecular flexibility index (Phi) is 5.68. The van der Waals surface area contributed by atoms with Crippen LogP contribution in [0.3, 0.4) is 0 Å². The molecule has 0 saturated heterocycles. The Balaban J connectivity index is 1.57. The first-order chi connectivity index (χ1) is 12.1. The highest BCUT2D eigenvalue weighted by molar-refractivity contribution is 9.10. The van der Waals surface area contributed by atoms with Gasteiger partial charge in [0.1, 0.15) is 5.75 Å². The Morgan fingerprint density at radius 3 is 2.68 bits per heavy atom. The maximum Gasteiger partial charge on any atom is 0.277 e. The minimum Gasteiger partial charge on any atom is -0.483 e. The van der Waals surface area contributed by atoms with Gasteiger partial charge in [0.05, 0.1) is 10.7 Å². The first kappa shape index (κ1) is 17.5. The molecular formula is C19H14BrClN2O2. The van der Waals surface area contributed by atoms with Gasteiger partial charge in [0, 0.05) is 5.02 Å². The standard InChI is InChI=1S/C19H14BrClN2O2/c20-19-16-4-2-1-3-14(16)7-10-17(19)25-12-18(24)23-22-11-13-5-8-15(21)9-6-13/h1-11H,12H2,(H,23,24)/b22-11+. The molecule has 0 radical (unpaired) electrons. The SMILES string of the molecule is O=C(COc1ccc2ccccc2c1Br)N/N=C/c1ccc(Cl)cc1. The van der Waals surface area contributed by atoms with Gasteiger partial charge in [0.2, 0.25) is 0 Å². The minimum atomic E-state index is -0.342. The summed E-state index contributed by atoms with van der Waals surface area (Å²) in [7, 11) is 0. The number of rotatable bonds is 5. The summed E-state index contributed by atoms with van der Waals surface area (Å²) >= 11 is 9.33. The van der Waals surface area contributed by atoms with Gasteiger partial charge in [0.15, 0.2) is 6.61 Å². The molecule has 0 bridgehead atoms. The first-order valence-corrected chi connectivity index (χ1v) is 8.68. The molecule has 0 aromatic heterocycles. The molecule has 0 aliphatic carbocycles. The Morgan fingerprint density at radius 2 is 1.88 bits per heavy atom. The van der Waals surface area contributed by atoms with Crippen molar-refractivity contribution in [2.75, 3.05) is 6.61 Å². The summed E-state index contributed by atoms with van der Waals surface area (Å²) in [6.45, 7) is -0.130. The van der Waals surface area contributed by atoms with Crippen molar-refractivity contribution in [3.05, 3.63) is 75.7 Å². The number of amides is 1. The molecule has 0 saturated carbocycles. The third-order valence-electron chi connectivity index (χ3n) is 3.46. The number of nitrogens with zero attached hydrogens (tertiary/aromatic N) is 1. The highest BCUT2D eigenvalue weighted by Gasteiger charge is 2.08. The summed E-state index contributed by atoms with van der Waals surface area (Å²) in [5.41, 5.74) is 3.27. The van der Waals surface area contributed by atoms with E-state index >= 15 is 0 Å². The molecule has 3 aromatic rings. The van der Waals surface area contributed by atoms with Gasteiger partial charge in [-0.3, -0.25) is 4.79 Å². The second kappa shape index (κ2) is 8.14. The molecular weight excluding hydrogens is 404 g/mol. The van der Waals surface area contributed by atoms with Crippen LogP contribution in [0.25, 0.3) is 10.8 Å². The number of nitrogens with one attached hydrogen (secondary N) is 1. The number of halogens is 2. The number of benzene rings is 3. The van der Waals surface area contributed by atoms with Crippen LogP contribution in [0.5, 0.6) is 5.75 Å². The van der Waals surface area contributed by atoms with Crippen LogP contribution in [0.15, 0.2) is 70.2 Å². The van der Waals surface area contributed by atoms with Crippen molar-refractivity contribution in [3.63, 3.8) is 0 Å². The minimum absolute atomic E-state index is 0.130. The smallest absolute Gasteiger partial charge is 0.277 e. The van der Waals surface area contributed by atoms with Crippen LogP contribution in [0.1, 0.15) is 5.56 Å². The number of carbonyl (C=O) groups is 1. The molecule has 0 aliphatic rings. The summed E-state index contributed by atoms with van der Waals surface area (Å²) < 4.78 is 6.40. The molecule has 1 N–H and O–H groups in total. The fourth-order valence-electron chi connectivity index (χ4n) is 2.23. The lowest BCUT2D eigenvalue weighted by Gasteiger charge is -2.09. The third-order valence-corrected chi connectivity index (χ3v) is 4.53. The van der Waals surface area contributed by atoms with Crippen molar-refractivity contribution in [3.8, 4) is 5.75 Å². The van der Waals surface area contributed by atoms with E-state index in [-0.39, 0.29) is 12.5 Å². The predicted molar refractivity (Wildman–Crippen MR) is 104 cm³/mol. The zero-order valence-electron chi connectivity index (χ0n) is 13.1. The molecule has 6 heteroatoms. The van der Waals surface area contributed by atoms with Crippen molar-refractivity contribution in [2.24, 2.45) is 5.10 Å². The lowest BCUT2D eigenvalue weighted by atomic mass is 10.1. The molecule has 3 rings (SSSR count). The Hall–Kier alpha value is -2.37. The normalized spacial score (nSPS) is 11.0. The predicted octanol–water partition coefficient (Wildman–Crippen LogP) is 4.78. The second-order valence-corrected chi connectivity index (χ2v) is 6.46. The monoisotopic (exact) mass is 416 g/mol. The highest BCUT2D eigenvalue weighted by atomic mass is 79.9. The summed E-state index contributed by atoms with van der Waals surface area (Å²) in [6.07, 6.45) is 1.54. The molecule has 0 unspecified atom stereocenters. The van der Waals surface area contributed by atoms with E-state index in [1.165, 1.54) is 0 Å². The van der Waals surface area contributed by atoms with E-state index in [2.05, 4.69) is 26.5 Å². The topological polar surface area (TPSA) is 50.7 Å². The molecule has 0 atom stereocenters. The summed E-state index contributed by atoms with van der Waals surface area (Å²) in [6, 6.07) is 18.8. The maximum absolute atomic E-state index is 11.8. The van der Waals surface area contributed by atoms with Crippen molar-refractivity contribution in [1.29, 1.82) is 0 Å². The van der Waals surface area contributed by atoms with Gasteiger partial charge in [-0.25, -0.2) is 5.43 Å². The van der Waals surface area contributed by atoms with Crippen molar-refractivity contribution >= 4 is 50.4 Å². The number of hydrogen-bond acceptors (Lipinski definition) is 3. The van der Waals surface area contributed by atoms with E-state index < -0.39 is 0 Å². The van der Waals surface area contributed by atoms with Gasteiger partial charge < -0.3 is 4.74 Å². The fraction of sp³-hybridized carbons (Fsp3) is 0.0526. The van der Waals surface area contributed by atoms with Crippen LogP contribution < -0.4 is 10.2 Å². The number of hydrazone groups is 1. The van der Waals surface area contributed by atoms with Gasteiger partial charge in [-0.05, 0) is 50.5 Å². The lowest BCUT2D eigenvalue weighted by molar-refractivity contribution is -0.123. The summed E-state index contributed by atoms with van der Waals surface area (Å²) in [5, 5.41) is 6.67. The first-order valence-electron chi connectivity index (χ1n) is 7.51. The van der Waals surface area contributed by atoms with Gasteiger partial charge in [-0.2, -0.15) is 5.10 Å². The van der Waals surface area contributed by atoms with Crippen molar-refractivity contribution in [2.45, 2.75) is 0 Å².